The number of primary amides is 1. The Balaban J connectivity index is 1.83. The summed E-state index contributed by atoms with van der Waals surface area (Å²) in [6.45, 7) is 1.62. The van der Waals surface area contributed by atoms with Crippen molar-refractivity contribution in [2.45, 2.75) is 17.9 Å². The lowest BCUT2D eigenvalue weighted by Crippen LogP contribution is -3.08. The lowest BCUT2D eigenvalue weighted by atomic mass is 10.0. The molecule has 1 aliphatic rings. The van der Waals surface area contributed by atoms with Gasteiger partial charge in [0.25, 0.3) is 5.91 Å². The predicted molar refractivity (Wildman–Crippen MR) is 99.1 cm³/mol. The third kappa shape index (κ3) is 3.79. The molecule has 0 saturated heterocycles. The molecule has 3 rings (SSSR count). The van der Waals surface area contributed by atoms with E-state index in [2.05, 4.69) is 12.4 Å². The fourth-order valence-electron chi connectivity index (χ4n) is 3.02. The van der Waals surface area contributed by atoms with Crippen molar-refractivity contribution in [2.24, 2.45) is 5.73 Å². The maximum Gasteiger partial charge on any atom is 0.252 e. The smallest absolute Gasteiger partial charge is 0.252 e. The standard InChI is InChI=1S/C17H19N3O4S2/c1-20-8-7-12-13(9-20)25-17(15(12)16(18)22)19-14(21)10-26(23,24)11-5-3-2-4-6-11/h2-6H,7-10H2,1H3,(H2,18,22)(H,19,21)/p+1. The molecule has 9 heteroatoms. The molecule has 4 N–H and O–H groups in total. The number of thiophene rings is 1. The number of likely N-dealkylation sites (N-methyl/N-ethyl adjacent to an activating group) is 1. The number of carbonyl (C=O) groups is 2. The van der Waals surface area contributed by atoms with Crippen molar-refractivity contribution in [3.63, 3.8) is 0 Å². The van der Waals surface area contributed by atoms with Gasteiger partial charge in [0, 0.05) is 6.42 Å². The number of sulfone groups is 1. The number of fused-ring (bicyclic) bond motifs is 1. The van der Waals surface area contributed by atoms with Crippen molar-refractivity contribution in [3.05, 3.63) is 46.3 Å². The highest BCUT2D eigenvalue weighted by atomic mass is 32.2. The number of quaternary nitrogens is 1. The molecule has 1 aromatic heterocycles. The SMILES string of the molecule is C[NH+]1CCc2c(sc(NC(=O)CS(=O)(=O)c3ccccc3)c2C(N)=O)C1. The lowest BCUT2D eigenvalue weighted by Gasteiger charge is -2.19. The molecule has 2 heterocycles. The van der Waals surface area contributed by atoms with Gasteiger partial charge in [-0.15, -0.1) is 11.3 Å². The number of hydrogen-bond acceptors (Lipinski definition) is 5. The van der Waals surface area contributed by atoms with Crippen LogP contribution in [0.4, 0.5) is 5.00 Å². The molecule has 0 bridgehead atoms. The van der Waals surface area contributed by atoms with E-state index >= 15 is 0 Å². The molecule has 0 aliphatic carbocycles. The van der Waals surface area contributed by atoms with Gasteiger partial charge in [-0.1, -0.05) is 18.2 Å². The van der Waals surface area contributed by atoms with Crippen molar-refractivity contribution in [1.82, 2.24) is 0 Å². The number of nitrogens with one attached hydrogen (secondary N) is 2. The number of benzene rings is 1. The first kappa shape index (κ1) is 18.6. The van der Waals surface area contributed by atoms with Crippen LogP contribution in [-0.4, -0.2) is 39.6 Å². The van der Waals surface area contributed by atoms with Gasteiger partial charge in [-0.3, -0.25) is 9.59 Å². The zero-order chi connectivity index (χ0) is 18.9. The van der Waals surface area contributed by atoms with Gasteiger partial charge in [0.2, 0.25) is 5.91 Å². The van der Waals surface area contributed by atoms with Crippen molar-refractivity contribution >= 4 is 38.0 Å². The van der Waals surface area contributed by atoms with Crippen molar-refractivity contribution < 1.29 is 22.9 Å². The summed E-state index contributed by atoms with van der Waals surface area (Å²) < 4.78 is 24.7. The first-order valence-corrected chi connectivity index (χ1v) is 10.6. The molecular weight excluding hydrogens is 374 g/mol. The molecule has 0 radical (unpaired) electrons. The van der Waals surface area contributed by atoms with Crippen molar-refractivity contribution in [1.29, 1.82) is 0 Å². The summed E-state index contributed by atoms with van der Waals surface area (Å²) in [6, 6.07) is 7.79. The van der Waals surface area contributed by atoms with E-state index in [1.165, 1.54) is 28.4 Å². The van der Waals surface area contributed by atoms with Gasteiger partial charge in [0.05, 0.1) is 28.9 Å². The van der Waals surface area contributed by atoms with E-state index in [4.69, 9.17) is 5.73 Å². The van der Waals surface area contributed by atoms with Gasteiger partial charge >= 0.3 is 0 Å². The highest BCUT2D eigenvalue weighted by molar-refractivity contribution is 7.92. The summed E-state index contributed by atoms with van der Waals surface area (Å²) in [7, 11) is -1.70. The Morgan fingerprint density at radius 2 is 1.96 bits per heavy atom. The monoisotopic (exact) mass is 394 g/mol. The molecule has 2 amide bonds. The topological polar surface area (TPSA) is 111 Å². The number of nitrogens with two attached hydrogens (primary N) is 1. The van der Waals surface area contributed by atoms with Gasteiger partial charge in [-0.2, -0.15) is 0 Å². The summed E-state index contributed by atoms with van der Waals surface area (Å²) in [6.07, 6.45) is 0.703. The van der Waals surface area contributed by atoms with Crippen LogP contribution >= 0.6 is 11.3 Å². The first-order valence-electron chi connectivity index (χ1n) is 8.11. The molecule has 1 atom stereocenters. The van der Waals surface area contributed by atoms with E-state index in [1.54, 1.807) is 18.2 Å². The fraction of sp³-hybridized carbons (Fsp3) is 0.294. The normalized spacial score (nSPS) is 16.7. The molecule has 138 valence electrons. The molecule has 7 nitrogen and oxygen atoms in total. The maximum atomic E-state index is 12.3. The third-order valence-electron chi connectivity index (χ3n) is 4.28. The van der Waals surface area contributed by atoms with E-state index in [0.717, 1.165) is 23.5 Å². The molecule has 0 fully saturated rings. The maximum absolute atomic E-state index is 12.3. The van der Waals surface area contributed by atoms with E-state index in [9.17, 15) is 18.0 Å². The average Bonchev–Trinajstić information content (AvgIpc) is 2.91. The summed E-state index contributed by atoms with van der Waals surface area (Å²) in [5.74, 6) is -1.98. The van der Waals surface area contributed by atoms with Crippen LogP contribution < -0.4 is 16.0 Å². The van der Waals surface area contributed by atoms with Gasteiger partial charge in [-0.25, -0.2) is 8.42 Å². The quantitative estimate of drug-likeness (QED) is 0.654. The Morgan fingerprint density at radius 1 is 1.27 bits per heavy atom. The molecular formula is C17H20N3O4S2+. The minimum atomic E-state index is -3.75. The van der Waals surface area contributed by atoms with Crippen LogP contribution in [0.3, 0.4) is 0 Å². The minimum Gasteiger partial charge on any atom is -0.365 e. The second kappa shape index (κ2) is 7.18. The van der Waals surface area contributed by atoms with Crippen LogP contribution in [0.25, 0.3) is 0 Å². The van der Waals surface area contributed by atoms with Crippen molar-refractivity contribution in [2.75, 3.05) is 24.7 Å². The number of amides is 2. The van der Waals surface area contributed by atoms with Crippen LogP contribution in [0.5, 0.6) is 0 Å². The van der Waals surface area contributed by atoms with E-state index in [1.807, 2.05) is 0 Å². The van der Waals surface area contributed by atoms with Gasteiger partial charge in [-0.05, 0) is 17.7 Å². The fourth-order valence-corrected chi connectivity index (χ4v) is 5.55. The van der Waals surface area contributed by atoms with Gasteiger partial charge < -0.3 is 16.0 Å². The average molecular weight is 394 g/mol. The number of anilines is 1. The first-order chi connectivity index (χ1) is 12.3. The predicted octanol–water partition coefficient (Wildman–Crippen LogP) is -0.170. The van der Waals surface area contributed by atoms with Crippen LogP contribution in [0.15, 0.2) is 35.2 Å². The van der Waals surface area contributed by atoms with Crippen molar-refractivity contribution in [3.8, 4) is 0 Å². The van der Waals surface area contributed by atoms with E-state index in [0.29, 0.717) is 17.0 Å². The van der Waals surface area contributed by atoms with Crippen LogP contribution in [0.1, 0.15) is 20.8 Å². The van der Waals surface area contributed by atoms with Crippen LogP contribution in [-0.2, 0) is 27.6 Å². The van der Waals surface area contributed by atoms with Gasteiger partial charge in [0.1, 0.15) is 17.3 Å². The molecule has 2 aromatic rings. The largest absolute Gasteiger partial charge is 0.365 e. The molecule has 1 aliphatic heterocycles. The van der Waals surface area contributed by atoms with Gasteiger partial charge in [0.15, 0.2) is 9.84 Å². The second-order valence-corrected chi connectivity index (χ2v) is 9.42. The highest BCUT2D eigenvalue weighted by Crippen LogP contribution is 2.34. The summed E-state index contributed by atoms with van der Waals surface area (Å²) in [4.78, 5) is 26.6. The molecule has 1 unspecified atom stereocenters. The zero-order valence-electron chi connectivity index (χ0n) is 14.2. The number of carbonyl (C=O) groups excluding carboxylic acids is 2. The Kier molecular flexibility index (Phi) is 5.12. The minimum absolute atomic E-state index is 0.0842. The highest BCUT2D eigenvalue weighted by Gasteiger charge is 2.29. The Bertz CT molecular complexity index is 952. The molecule has 0 saturated carbocycles. The third-order valence-corrected chi connectivity index (χ3v) is 7.06. The Hall–Kier alpha value is -2.23. The summed E-state index contributed by atoms with van der Waals surface area (Å²) in [5, 5.41) is 2.92. The molecule has 0 spiro atoms. The molecule has 26 heavy (non-hydrogen) atoms. The van der Waals surface area contributed by atoms with E-state index < -0.39 is 27.4 Å². The van der Waals surface area contributed by atoms with Crippen LogP contribution in [0.2, 0.25) is 0 Å². The van der Waals surface area contributed by atoms with E-state index in [-0.39, 0.29) is 4.90 Å². The number of rotatable bonds is 5. The summed E-state index contributed by atoms with van der Waals surface area (Å²) in [5.41, 5.74) is 6.68. The zero-order valence-corrected chi connectivity index (χ0v) is 15.9. The molecule has 1 aromatic carbocycles. The lowest BCUT2D eigenvalue weighted by molar-refractivity contribution is -0.895. The van der Waals surface area contributed by atoms with Crippen LogP contribution in [0, 0.1) is 0 Å². The summed E-state index contributed by atoms with van der Waals surface area (Å²) >= 11 is 1.30. The number of hydrogen-bond donors (Lipinski definition) is 3. The second-order valence-electron chi connectivity index (χ2n) is 6.33. The Morgan fingerprint density at radius 3 is 2.62 bits per heavy atom. The Labute approximate surface area is 155 Å².